The maximum atomic E-state index is 6.40. The fraction of sp³-hybridized carbons (Fsp3) is 0. The maximum Gasteiger partial charge on any atom is 1.00 e. The fourth-order valence-corrected chi connectivity index (χ4v) is 0. The first-order chi connectivity index (χ1) is 2.64. The van der Waals surface area contributed by atoms with Crippen molar-refractivity contribution in [2.75, 3.05) is 0 Å². The molecule has 7 N–H and O–H groups in total. The van der Waals surface area contributed by atoms with Crippen molar-refractivity contribution in [2.24, 2.45) is 17.4 Å². The summed E-state index contributed by atoms with van der Waals surface area (Å²) in [5, 5.41) is 6.93. The number of nitrogens with two attached hydrogens (primary N) is 3. The van der Waals surface area contributed by atoms with Crippen LogP contribution in [0.3, 0.4) is 0 Å². The molecule has 0 aliphatic heterocycles. The van der Waals surface area contributed by atoms with Gasteiger partial charge in [-0.15, -0.1) is 0 Å². The number of hydrogen-bond acceptors (Lipinski definition) is 3. The van der Waals surface area contributed by atoms with Gasteiger partial charge in [-0.3, -0.25) is 5.41 Å². The van der Waals surface area contributed by atoms with Gasteiger partial charge >= 0.3 is 29.6 Å². The molecule has 6 heteroatoms. The third-order valence-electron chi connectivity index (χ3n) is 0.278. The molecule has 5 nitrogen and oxygen atoms in total. The van der Waals surface area contributed by atoms with Gasteiger partial charge in [-0.1, -0.05) is 0 Å². The van der Waals surface area contributed by atoms with Crippen LogP contribution in [0.5, 0.6) is 0 Å². The Morgan fingerprint density at radius 1 is 1.57 bits per heavy atom. The van der Waals surface area contributed by atoms with E-state index in [9.17, 15) is 0 Å². The molecule has 0 radical (unpaired) electrons. The molecule has 7 heavy (non-hydrogen) atoms. The Labute approximate surface area is 65.0 Å². The summed E-state index contributed by atoms with van der Waals surface area (Å²) in [6, 6.07) is 0. The van der Waals surface area contributed by atoms with Gasteiger partial charge in [-0.2, -0.15) is 0 Å². The third kappa shape index (κ3) is 6.19. The molecule has 0 rings (SSSR count). The zero-order valence-electron chi connectivity index (χ0n) is 5.18. The van der Waals surface area contributed by atoms with E-state index in [0.29, 0.717) is 5.12 Å². The second-order valence-corrected chi connectivity index (χ2v) is 0.793. The molecule has 0 bridgehead atoms. The molecule has 0 aromatic carbocycles. The van der Waals surface area contributed by atoms with Crippen LogP contribution in [0.15, 0.2) is 0 Å². The van der Waals surface area contributed by atoms with Gasteiger partial charge in [0.1, 0.15) is 0 Å². The molecule has 0 unspecified atom stereocenters. The molecule has 0 atom stereocenters. The summed E-state index contributed by atoms with van der Waals surface area (Å²) in [7, 11) is 0. The van der Waals surface area contributed by atoms with Crippen LogP contribution >= 0.6 is 0 Å². The quantitative estimate of drug-likeness (QED) is 0.0830. The largest absolute Gasteiger partial charge is 1.00 e. The summed E-state index contributed by atoms with van der Waals surface area (Å²) in [6.07, 6.45) is 0. The second kappa shape index (κ2) is 4.35. The molecule has 0 aromatic rings. The molecular weight excluding hydrogens is 105 g/mol. The Bertz CT molecular complexity index is 63.4. The monoisotopic (exact) mass is 113 g/mol. The van der Waals surface area contributed by atoms with E-state index in [4.69, 9.17) is 22.8 Å². The Morgan fingerprint density at radius 2 is 1.71 bits per heavy atom. The van der Waals surface area contributed by atoms with E-state index in [1.807, 2.05) is 0 Å². The normalized spacial score (nSPS) is 6.57. The standard InChI is InChI=1S/CH7N5.Na.H/c2-1(3)6(4)5;;/h4-5H2,(H3,2,3);;/q;+1;-1. The van der Waals surface area contributed by atoms with Gasteiger partial charge in [0, 0.05) is 0 Å². The van der Waals surface area contributed by atoms with Crippen LogP contribution in [-0.4, -0.2) is 11.1 Å². The van der Waals surface area contributed by atoms with Gasteiger partial charge < -0.3 is 7.16 Å². The summed E-state index contributed by atoms with van der Waals surface area (Å²) in [4.78, 5) is 0. The Hall–Kier alpha value is 0.190. The molecule has 0 saturated heterocycles. The predicted octanol–water partition coefficient (Wildman–Crippen LogP) is -4.95. The molecule has 0 saturated carbocycles. The average molecular weight is 113 g/mol. The summed E-state index contributed by atoms with van der Waals surface area (Å²) < 4.78 is 0. The van der Waals surface area contributed by atoms with Crippen molar-refractivity contribution in [3.63, 3.8) is 0 Å². The van der Waals surface area contributed by atoms with Crippen LogP contribution in [0.2, 0.25) is 0 Å². The summed E-state index contributed by atoms with van der Waals surface area (Å²) in [5.74, 6) is 9.04. The van der Waals surface area contributed by atoms with Crippen molar-refractivity contribution >= 4 is 5.96 Å². The number of nitrogens with one attached hydrogen (secondary N) is 1. The summed E-state index contributed by atoms with van der Waals surface area (Å²) >= 11 is 0. The molecule has 0 aliphatic rings. The predicted molar refractivity (Wildman–Crippen MR) is 23.2 cm³/mol. The SMILES string of the molecule is N=C(N)N(N)N.[H-].[Na+]. The average Bonchev–Trinajstić information content (AvgIpc) is 1.36. The van der Waals surface area contributed by atoms with E-state index in [-0.39, 0.29) is 36.9 Å². The molecular formula is CH8N5Na. The minimum atomic E-state index is -0.352. The van der Waals surface area contributed by atoms with Gasteiger partial charge in [-0.05, 0) is 0 Å². The van der Waals surface area contributed by atoms with E-state index < -0.39 is 0 Å². The Morgan fingerprint density at radius 3 is 1.71 bits per heavy atom. The van der Waals surface area contributed by atoms with Crippen molar-refractivity contribution in [3.05, 3.63) is 0 Å². The van der Waals surface area contributed by atoms with E-state index in [0.717, 1.165) is 0 Å². The summed E-state index contributed by atoms with van der Waals surface area (Å²) in [5.41, 5.74) is 4.69. The molecule has 38 valence electrons. The Kier molecular flexibility index (Phi) is 6.36. The van der Waals surface area contributed by atoms with Gasteiger partial charge in [-0.25, -0.2) is 16.8 Å². The van der Waals surface area contributed by atoms with E-state index in [2.05, 4.69) is 0 Å². The molecule has 0 fully saturated rings. The van der Waals surface area contributed by atoms with Gasteiger partial charge in [0.15, 0.2) is 0 Å². The molecule has 0 amide bonds. The number of nitrogens with zero attached hydrogens (tertiary/aromatic N) is 1. The first-order valence-corrected chi connectivity index (χ1v) is 1.28. The van der Waals surface area contributed by atoms with E-state index in [1.54, 1.807) is 0 Å². The van der Waals surface area contributed by atoms with Crippen molar-refractivity contribution in [2.45, 2.75) is 0 Å². The zero-order valence-corrected chi connectivity index (χ0v) is 6.18. The topological polar surface area (TPSA) is 105 Å². The fourth-order valence-electron chi connectivity index (χ4n) is 0. The zero-order chi connectivity index (χ0) is 5.15. The van der Waals surface area contributed by atoms with Crippen LogP contribution < -0.4 is 47.0 Å². The molecule has 0 aliphatic carbocycles. The number of hydrazine groups is 2. The number of guanidine groups is 1. The third-order valence-corrected chi connectivity index (χ3v) is 0.278. The number of rotatable bonds is 0. The van der Waals surface area contributed by atoms with Crippen molar-refractivity contribution in [1.82, 2.24) is 5.12 Å². The smallest absolute Gasteiger partial charge is 1.00 e. The van der Waals surface area contributed by atoms with Crippen LogP contribution in [-0.2, 0) is 0 Å². The minimum absolute atomic E-state index is 0. The van der Waals surface area contributed by atoms with Crippen LogP contribution in [0.25, 0.3) is 0 Å². The number of hydrogen-bond donors (Lipinski definition) is 4. The Balaban J connectivity index is -0.000000125. The van der Waals surface area contributed by atoms with Gasteiger partial charge in [0.05, 0.1) is 0 Å². The van der Waals surface area contributed by atoms with Crippen LogP contribution in [0.1, 0.15) is 1.43 Å². The van der Waals surface area contributed by atoms with Crippen molar-refractivity contribution < 1.29 is 31.0 Å². The van der Waals surface area contributed by atoms with Crippen LogP contribution in [0, 0.1) is 5.41 Å². The first kappa shape index (κ1) is 10.2. The van der Waals surface area contributed by atoms with Crippen LogP contribution in [0.4, 0.5) is 0 Å². The maximum absolute atomic E-state index is 6.40. The molecule has 0 heterocycles. The minimum Gasteiger partial charge on any atom is -1.00 e. The summed E-state index contributed by atoms with van der Waals surface area (Å²) in [6.45, 7) is 0. The first-order valence-electron chi connectivity index (χ1n) is 1.28. The van der Waals surface area contributed by atoms with Gasteiger partial charge in [0.25, 0.3) is 0 Å². The van der Waals surface area contributed by atoms with Crippen molar-refractivity contribution in [3.8, 4) is 0 Å². The molecule has 0 spiro atoms. The molecule has 0 aromatic heterocycles. The van der Waals surface area contributed by atoms with Gasteiger partial charge in [0.2, 0.25) is 5.96 Å². The van der Waals surface area contributed by atoms with E-state index in [1.165, 1.54) is 0 Å². The second-order valence-electron chi connectivity index (χ2n) is 0.793. The van der Waals surface area contributed by atoms with E-state index >= 15 is 0 Å². The van der Waals surface area contributed by atoms with Crippen molar-refractivity contribution in [1.29, 1.82) is 5.41 Å².